The predicted molar refractivity (Wildman–Crippen MR) is 97.9 cm³/mol. The molecule has 0 N–H and O–H groups in total. The Morgan fingerprint density at radius 3 is 2.70 bits per heavy atom. The Morgan fingerprint density at radius 1 is 1.26 bits per heavy atom. The van der Waals surface area contributed by atoms with Crippen molar-refractivity contribution in [3.63, 3.8) is 0 Å². The number of rotatable bonds is 5. The molecule has 2 nitrogen and oxygen atoms in total. The molecule has 0 unspecified atom stereocenters. The van der Waals surface area contributed by atoms with Crippen LogP contribution >= 0.6 is 11.8 Å². The van der Waals surface area contributed by atoms with Gasteiger partial charge in [0.2, 0.25) is 0 Å². The molecule has 0 bridgehead atoms. The van der Waals surface area contributed by atoms with Crippen LogP contribution in [0, 0.1) is 6.92 Å². The predicted octanol–water partition coefficient (Wildman–Crippen LogP) is 5.25. The molecule has 0 atom stereocenters. The summed E-state index contributed by atoms with van der Waals surface area (Å²) in [6.45, 7) is 7.76. The van der Waals surface area contributed by atoms with Gasteiger partial charge in [0.25, 0.3) is 0 Å². The lowest BCUT2D eigenvalue weighted by Crippen LogP contribution is -2.25. The third-order valence-corrected chi connectivity index (χ3v) is 4.62. The minimum Gasteiger partial charge on any atom is -0.460 e. The fourth-order valence-corrected chi connectivity index (χ4v) is 3.47. The highest BCUT2D eigenvalue weighted by Gasteiger charge is 2.18. The van der Waals surface area contributed by atoms with E-state index >= 15 is 0 Å². The van der Waals surface area contributed by atoms with E-state index in [2.05, 4.69) is 43.4 Å². The fourth-order valence-electron chi connectivity index (χ4n) is 2.46. The third kappa shape index (κ3) is 6.26. The zero-order chi connectivity index (χ0) is 16.9. The van der Waals surface area contributed by atoms with Crippen molar-refractivity contribution in [1.29, 1.82) is 0 Å². The molecule has 2 rings (SSSR count). The van der Waals surface area contributed by atoms with Crippen molar-refractivity contribution in [3.05, 3.63) is 53.1 Å². The molecule has 0 saturated heterocycles. The number of carbonyl (C=O) groups excluding carboxylic acids is 1. The number of aryl methyl sites for hydroxylation is 1. The normalized spacial score (nSPS) is 14.5. The number of thioether (sulfide) groups is 1. The molecule has 0 spiro atoms. The van der Waals surface area contributed by atoms with E-state index in [1.807, 2.05) is 20.8 Å². The van der Waals surface area contributed by atoms with Gasteiger partial charge < -0.3 is 4.74 Å². The zero-order valence-corrected chi connectivity index (χ0v) is 15.3. The van der Waals surface area contributed by atoms with E-state index in [0.717, 1.165) is 24.2 Å². The molecular formula is C20H26O2S. The molecule has 0 radical (unpaired) electrons. The van der Waals surface area contributed by atoms with Gasteiger partial charge in [-0.15, -0.1) is 11.8 Å². The van der Waals surface area contributed by atoms with E-state index in [1.165, 1.54) is 16.0 Å². The molecular weight excluding hydrogens is 304 g/mol. The first-order valence-electron chi connectivity index (χ1n) is 8.13. The summed E-state index contributed by atoms with van der Waals surface area (Å²) < 4.78 is 5.46. The van der Waals surface area contributed by atoms with Crippen LogP contribution in [0.4, 0.5) is 0 Å². The number of carbonyl (C=O) groups is 1. The van der Waals surface area contributed by atoms with Gasteiger partial charge in [-0.2, -0.15) is 0 Å². The second kappa shape index (κ2) is 7.87. The minimum absolute atomic E-state index is 0.165. The van der Waals surface area contributed by atoms with E-state index in [0.29, 0.717) is 6.42 Å². The summed E-state index contributed by atoms with van der Waals surface area (Å²) in [6.07, 6.45) is 9.34. The maximum atomic E-state index is 12.1. The minimum atomic E-state index is -0.439. The van der Waals surface area contributed by atoms with Gasteiger partial charge in [0.05, 0.1) is 6.42 Å². The standard InChI is InChI=1S/C20H26O2S/c1-15-10-11-18(23-14-16-8-6-5-7-9-16)17(12-15)13-19(21)22-20(2,3)4/h6,8-12H,5,7,13-14H2,1-4H3. The van der Waals surface area contributed by atoms with Crippen molar-refractivity contribution in [1.82, 2.24) is 0 Å². The second-order valence-corrected chi connectivity index (χ2v) is 7.94. The summed E-state index contributed by atoms with van der Waals surface area (Å²) in [5.74, 6) is 0.780. The first kappa shape index (κ1) is 17.9. The summed E-state index contributed by atoms with van der Waals surface area (Å²) in [4.78, 5) is 13.3. The van der Waals surface area contributed by atoms with Gasteiger partial charge in [0, 0.05) is 10.6 Å². The van der Waals surface area contributed by atoms with Gasteiger partial charge in [0.15, 0.2) is 0 Å². The molecule has 0 aromatic heterocycles. The molecule has 0 saturated carbocycles. The lowest BCUT2D eigenvalue weighted by molar-refractivity contribution is -0.153. The van der Waals surface area contributed by atoms with Crippen LogP contribution in [0.25, 0.3) is 0 Å². The van der Waals surface area contributed by atoms with Crippen molar-refractivity contribution in [2.24, 2.45) is 0 Å². The molecule has 124 valence electrons. The van der Waals surface area contributed by atoms with Crippen LogP contribution in [0.2, 0.25) is 0 Å². The largest absolute Gasteiger partial charge is 0.460 e. The average molecular weight is 330 g/mol. The molecule has 1 aromatic carbocycles. The Hall–Kier alpha value is -1.48. The number of benzene rings is 1. The van der Waals surface area contributed by atoms with Crippen LogP contribution in [0.1, 0.15) is 44.7 Å². The highest BCUT2D eigenvalue weighted by molar-refractivity contribution is 7.99. The lowest BCUT2D eigenvalue weighted by Gasteiger charge is -2.20. The van der Waals surface area contributed by atoms with E-state index in [1.54, 1.807) is 11.8 Å². The SMILES string of the molecule is Cc1ccc(SCC2=CCCC=C2)c(CC(=O)OC(C)(C)C)c1. The van der Waals surface area contributed by atoms with Gasteiger partial charge in [0.1, 0.15) is 5.60 Å². The molecule has 1 aliphatic rings. The van der Waals surface area contributed by atoms with E-state index in [-0.39, 0.29) is 5.97 Å². The van der Waals surface area contributed by atoms with Crippen LogP contribution in [0.5, 0.6) is 0 Å². The molecule has 3 heteroatoms. The topological polar surface area (TPSA) is 26.3 Å². The highest BCUT2D eigenvalue weighted by Crippen LogP contribution is 2.28. The third-order valence-electron chi connectivity index (χ3n) is 3.44. The Labute approximate surface area is 144 Å². The quantitative estimate of drug-likeness (QED) is 0.545. The van der Waals surface area contributed by atoms with Crippen LogP contribution in [0.3, 0.4) is 0 Å². The van der Waals surface area contributed by atoms with Gasteiger partial charge in [-0.25, -0.2) is 0 Å². The number of ether oxygens (including phenoxy) is 1. The lowest BCUT2D eigenvalue weighted by atomic mass is 10.1. The van der Waals surface area contributed by atoms with Crippen molar-refractivity contribution in [2.45, 2.75) is 57.5 Å². The Balaban J connectivity index is 2.06. The Bertz CT molecular complexity index is 621. The number of hydrogen-bond acceptors (Lipinski definition) is 3. The maximum absolute atomic E-state index is 12.1. The zero-order valence-electron chi connectivity index (χ0n) is 14.5. The van der Waals surface area contributed by atoms with E-state index in [4.69, 9.17) is 4.74 Å². The van der Waals surface area contributed by atoms with Gasteiger partial charge >= 0.3 is 5.97 Å². The molecule has 1 aromatic rings. The summed E-state index contributed by atoms with van der Waals surface area (Å²) in [7, 11) is 0. The molecule has 0 amide bonds. The van der Waals surface area contributed by atoms with Gasteiger partial charge in [-0.05, 0) is 57.7 Å². The van der Waals surface area contributed by atoms with Crippen LogP contribution in [0.15, 0.2) is 46.9 Å². The smallest absolute Gasteiger partial charge is 0.310 e. The van der Waals surface area contributed by atoms with Gasteiger partial charge in [-0.3, -0.25) is 4.79 Å². The first-order chi connectivity index (χ1) is 10.8. The Kier molecular flexibility index (Phi) is 6.11. The average Bonchev–Trinajstić information content (AvgIpc) is 2.45. The Morgan fingerprint density at radius 2 is 2.04 bits per heavy atom. The summed E-state index contributed by atoms with van der Waals surface area (Å²) in [6, 6.07) is 6.32. The van der Waals surface area contributed by atoms with Crippen LogP contribution < -0.4 is 0 Å². The van der Waals surface area contributed by atoms with Crippen molar-refractivity contribution >= 4 is 17.7 Å². The van der Waals surface area contributed by atoms with Crippen LogP contribution in [-0.2, 0) is 16.0 Å². The molecule has 1 aliphatic carbocycles. The van der Waals surface area contributed by atoms with E-state index < -0.39 is 5.60 Å². The maximum Gasteiger partial charge on any atom is 0.310 e. The van der Waals surface area contributed by atoms with Gasteiger partial charge in [-0.1, -0.05) is 35.9 Å². The van der Waals surface area contributed by atoms with Crippen molar-refractivity contribution < 1.29 is 9.53 Å². The monoisotopic (exact) mass is 330 g/mol. The number of hydrogen-bond donors (Lipinski definition) is 0. The molecule has 0 fully saturated rings. The second-order valence-electron chi connectivity index (χ2n) is 6.92. The fraction of sp³-hybridized carbons (Fsp3) is 0.450. The molecule has 0 heterocycles. The van der Waals surface area contributed by atoms with Crippen molar-refractivity contribution in [2.75, 3.05) is 5.75 Å². The molecule has 23 heavy (non-hydrogen) atoms. The summed E-state index contributed by atoms with van der Waals surface area (Å²) in [5, 5.41) is 0. The molecule has 0 aliphatic heterocycles. The van der Waals surface area contributed by atoms with Crippen LogP contribution in [-0.4, -0.2) is 17.3 Å². The first-order valence-corrected chi connectivity index (χ1v) is 9.12. The number of allylic oxidation sites excluding steroid dienone is 3. The summed E-state index contributed by atoms with van der Waals surface area (Å²) >= 11 is 1.79. The van der Waals surface area contributed by atoms with Crippen molar-refractivity contribution in [3.8, 4) is 0 Å². The van der Waals surface area contributed by atoms with E-state index in [9.17, 15) is 4.79 Å². The highest BCUT2D eigenvalue weighted by atomic mass is 32.2. The number of esters is 1. The summed E-state index contributed by atoms with van der Waals surface area (Å²) in [5.41, 5.74) is 3.16.